The van der Waals surface area contributed by atoms with Gasteiger partial charge in [-0.3, -0.25) is 9.78 Å². The molecule has 32 heavy (non-hydrogen) atoms. The number of aromatic nitrogens is 2. The first-order valence-electron chi connectivity index (χ1n) is 10.5. The number of benzene rings is 1. The Kier molecular flexibility index (Phi) is 6.20. The molecule has 168 valence electrons. The van der Waals surface area contributed by atoms with Crippen molar-refractivity contribution in [3.8, 4) is 10.6 Å². The summed E-state index contributed by atoms with van der Waals surface area (Å²) in [5.41, 5.74) is 7.02. The van der Waals surface area contributed by atoms with Gasteiger partial charge in [0.25, 0.3) is 0 Å². The van der Waals surface area contributed by atoms with Crippen LogP contribution >= 0.6 is 11.3 Å². The number of pyridine rings is 1. The summed E-state index contributed by atoms with van der Waals surface area (Å²) in [5, 5.41) is 12.3. The van der Waals surface area contributed by atoms with Crippen LogP contribution in [0.4, 0.5) is 8.78 Å². The summed E-state index contributed by atoms with van der Waals surface area (Å²) in [5.74, 6) is -1.58. The van der Waals surface area contributed by atoms with E-state index in [1.165, 1.54) is 11.4 Å². The maximum Gasteiger partial charge on any atom is 0.186 e. The molecule has 1 fully saturated rings. The Labute approximate surface area is 189 Å². The van der Waals surface area contributed by atoms with E-state index in [1.807, 2.05) is 13.0 Å². The van der Waals surface area contributed by atoms with Crippen molar-refractivity contribution in [2.75, 3.05) is 0 Å². The van der Waals surface area contributed by atoms with Gasteiger partial charge in [-0.25, -0.2) is 13.8 Å². The molecule has 0 saturated heterocycles. The molecule has 0 bridgehead atoms. The lowest BCUT2D eigenvalue weighted by Gasteiger charge is -2.44. The van der Waals surface area contributed by atoms with Crippen LogP contribution in [0.5, 0.6) is 0 Å². The zero-order valence-electron chi connectivity index (χ0n) is 17.9. The Morgan fingerprint density at radius 1 is 1.28 bits per heavy atom. The highest BCUT2D eigenvalue weighted by molar-refractivity contribution is 7.13. The van der Waals surface area contributed by atoms with Crippen LogP contribution in [0.1, 0.15) is 54.2 Å². The number of hydrogen-bond acceptors (Lipinski definition) is 6. The largest absolute Gasteiger partial charge is 0.388 e. The van der Waals surface area contributed by atoms with Crippen molar-refractivity contribution >= 4 is 17.1 Å². The van der Waals surface area contributed by atoms with Gasteiger partial charge in [-0.1, -0.05) is 13.0 Å². The minimum Gasteiger partial charge on any atom is -0.388 e. The highest BCUT2D eigenvalue weighted by Crippen LogP contribution is 2.42. The van der Waals surface area contributed by atoms with Gasteiger partial charge in [0.2, 0.25) is 0 Å². The van der Waals surface area contributed by atoms with E-state index in [4.69, 9.17) is 5.73 Å². The molecule has 3 aromatic rings. The molecule has 0 amide bonds. The topological polar surface area (TPSA) is 89.1 Å². The lowest BCUT2D eigenvalue weighted by Crippen LogP contribution is -2.54. The molecular weight excluding hydrogens is 432 g/mol. The minimum atomic E-state index is -0.932. The van der Waals surface area contributed by atoms with Crippen LogP contribution in [-0.2, 0) is 6.42 Å². The van der Waals surface area contributed by atoms with E-state index in [2.05, 4.69) is 9.97 Å². The number of nitrogens with two attached hydrogens (primary N) is 1. The summed E-state index contributed by atoms with van der Waals surface area (Å²) in [6.45, 7) is 3.75. The fourth-order valence-corrected chi connectivity index (χ4v) is 5.26. The number of carbonyl (C=O) groups is 1. The maximum atomic E-state index is 14.1. The smallest absolute Gasteiger partial charge is 0.186 e. The monoisotopic (exact) mass is 457 g/mol. The minimum absolute atomic E-state index is 0.00438. The van der Waals surface area contributed by atoms with Crippen molar-refractivity contribution in [1.82, 2.24) is 9.97 Å². The van der Waals surface area contributed by atoms with Gasteiger partial charge in [0.15, 0.2) is 5.78 Å². The van der Waals surface area contributed by atoms with Crippen molar-refractivity contribution in [3.63, 3.8) is 0 Å². The molecule has 4 rings (SSSR count). The number of rotatable bonds is 5. The van der Waals surface area contributed by atoms with E-state index in [0.29, 0.717) is 6.42 Å². The van der Waals surface area contributed by atoms with Crippen LogP contribution in [0.2, 0.25) is 0 Å². The van der Waals surface area contributed by atoms with Crippen molar-refractivity contribution in [1.29, 1.82) is 0 Å². The molecule has 8 heteroatoms. The second-order valence-corrected chi connectivity index (χ2v) is 9.57. The molecule has 3 N–H and O–H groups in total. The summed E-state index contributed by atoms with van der Waals surface area (Å²) < 4.78 is 28.2. The zero-order valence-corrected chi connectivity index (χ0v) is 18.7. The third-order valence-corrected chi connectivity index (χ3v) is 7.48. The summed E-state index contributed by atoms with van der Waals surface area (Å²) in [6, 6.07) is 5.14. The molecule has 0 unspecified atom stereocenters. The average Bonchev–Trinajstić information content (AvgIpc) is 3.22. The first-order chi connectivity index (χ1) is 15.2. The van der Waals surface area contributed by atoms with Crippen molar-refractivity contribution in [2.45, 2.75) is 50.7 Å². The van der Waals surface area contributed by atoms with Crippen LogP contribution in [0.15, 0.2) is 42.0 Å². The summed E-state index contributed by atoms with van der Waals surface area (Å²) in [6.07, 6.45) is 4.78. The molecule has 4 atom stereocenters. The van der Waals surface area contributed by atoms with E-state index in [1.54, 1.807) is 19.3 Å². The Bertz CT molecular complexity index is 1110. The van der Waals surface area contributed by atoms with E-state index in [9.17, 15) is 18.7 Å². The number of hydrogen-bond donors (Lipinski definition) is 2. The first kappa shape index (κ1) is 22.6. The van der Waals surface area contributed by atoms with Crippen LogP contribution in [0.3, 0.4) is 0 Å². The SMILES string of the molecule is C[C@H]1C[C@@H](c2ccncc2CC(=O)c2csc(-c3c(F)cccc3F)n2)C[C@@H](N)[C@]1(C)O. The fourth-order valence-electron chi connectivity index (χ4n) is 4.39. The number of ketones is 1. The molecular formula is C24H25F2N3O2S. The van der Waals surface area contributed by atoms with Crippen LogP contribution in [0, 0.1) is 17.6 Å². The number of nitrogens with zero attached hydrogens (tertiary/aromatic N) is 2. The summed E-state index contributed by atoms with van der Waals surface area (Å²) >= 11 is 1.03. The lowest BCUT2D eigenvalue weighted by atomic mass is 9.67. The highest BCUT2D eigenvalue weighted by Gasteiger charge is 2.42. The molecule has 1 aliphatic rings. The van der Waals surface area contributed by atoms with Gasteiger partial charge in [0.1, 0.15) is 22.3 Å². The lowest BCUT2D eigenvalue weighted by molar-refractivity contribution is -0.0464. The predicted octanol–water partition coefficient (Wildman–Crippen LogP) is 4.50. The molecule has 2 aromatic heterocycles. The second-order valence-electron chi connectivity index (χ2n) is 8.71. The van der Waals surface area contributed by atoms with Crippen molar-refractivity contribution < 1.29 is 18.7 Å². The third kappa shape index (κ3) is 4.22. The molecule has 1 aliphatic carbocycles. The molecule has 0 spiro atoms. The van der Waals surface area contributed by atoms with Crippen molar-refractivity contribution in [2.24, 2.45) is 11.7 Å². The number of halogens is 2. The Balaban J connectivity index is 1.56. The molecule has 0 aliphatic heterocycles. The molecule has 0 radical (unpaired) electrons. The fraction of sp³-hybridized carbons (Fsp3) is 0.375. The summed E-state index contributed by atoms with van der Waals surface area (Å²) in [7, 11) is 0. The Hall–Kier alpha value is -2.55. The average molecular weight is 458 g/mol. The molecule has 5 nitrogen and oxygen atoms in total. The van der Waals surface area contributed by atoms with E-state index >= 15 is 0 Å². The highest BCUT2D eigenvalue weighted by atomic mass is 32.1. The maximum absolute atomic E-state index is 14.1. The molecule has 2 heterocycles. The molecule has 1 aromatic carbocycles. The third-order valence-electron chi connectivity index (χ3n) is 6.62. The first-order valence-corrected chi connectivity index (χ1v) is 11.4. The number of carbonyl (C=O) groups excluding carboxylic acids is 1. The van der Waals surface area contributed by atoms with Crippen LogP contribution in [0.25, 0.3) is 10.6 Å². The normalized spacial score (nSPS) is 25.6. The van der Waals surface area contributed by atoms with E-state index in [0.717, 1.165) is 41.0 Å². The van der Waals surface area contributed by atoms with E-state index < -0.39 is 17.2 Å². The van der Waals surface area contributed by atoms with Gasteiger partial charge in [-0.15, -0.1) is 11.3 Å². The number of aliphatic hydroxyl groups is 1. The van der Waals surface area contributed by atoms with Crippen LogP contribution in [-0.4, -0.2) is 32.5 Å². The van der Waals surface area contributed by atoms with Gasteiger partial charge in [0, 0.05) is 30.2 Å². The van der Waals surface area contributed by atoms with Gasteiger partial charge >= 0.3 is 0 Å². The standard InChI is InChI=1S/C24H25F2N3O2S/c1-13-8-14(10-21(27)24(13,2)31)16-6-7-28-11-15(16)9-20(30)19-12-32-23(29-19)22-17(25)4-3-5-18(22)26/h3-7,11-14,21,31H,8-10,27H2,1-2H3/t13-,14+,21+,24+/m0/s1. The second kappa shape index (κ2) is 8.77. The van der Waals surface area contributed by atoms with Gasteiger partial charge in [0.05, 0.1) is 11.2 Å². The predicted molar refractivity (Wildman–Crippen MR) is 119 cm³/mol. The van der Waals surface area contributed by atoms with E-state index in [-0.39, 0.29) is 46.3 Å². The van der Waals surface area contributed by atoms with Gasteiger partial charge < -0.3 is 10.8 Å². The number of thiazole rings is 1. The Morgan fingerprint density at radius 3 is 2.69 bits per heavy atom. The van der Waals surface area contributed by atoms with Gasteiger partial charge in [-0.05, 0) is 60.9 Å². The Morgan fingerprint density at radius 2 is 2.00 bits per heavy atom. The van der Waals surface area contributed by atoms with Gasteiger partial charge in [-0.2, -0.15) is 0 Å². The zero-order chi connectivity index (χ0) is 23.0. The quantitative estimate of drug-likeness (QED) is 0.551. The van der Waals surface area contributed by atoms with Crippen LogP contribution < -0.4 is 5.73 Å². The molecule has 1 saturated carbocycles. The van der Waals surface area contributed by atoms with Crippen molar-refractivity contribution in [3.05, 3.63) is 70.5 Å². The number of Topliss-reactive ketones (excluding diaryl/α,β-unsaturated/α-hetero) is 1. The summed E-state index contributed by atoms with van der Waals surface area (Å²) in [4.78, 5) is 21.3.